The maximum absolute atomic E-state index is 13.4. The van der Waals surface area contributed by atoms with Crippen molar-refractivity contribution in [3.8, 4) is 5.69 Å². The second-order valence-corrected chi connectivity index (χ2v) is 8.40. The van der Waals surface area contributed by atoms with E-state index in [1.165, 1.54) is 6.42 Å². The third-order valence-corrected chi connectivity index (χ3v) is 5.73. The van der Waals surface area contributed by atoms with Crippen LogP contribution in [0.4, 0.5) is 0 Å². The van der Waals surface area contributed by atoms with E-state index >= 15 is 0 Å². The highest BCUT2D eigenvalue weighted by Crippen LogP contribution is 2.28. The Kier molecular flexibility index (Phi) is 6.48. The molecule has 0 saturated carbocycles. The van der Waals surface area contributed by atoms with Gasteiger partial charge >= 0.3 is 0 Å². The van der Waals surface area contributed by atoms with Crippen molar-refractivity contribution in [1.82, 2.24) is 14.7 Å². The Hall–Kier alpha value is -1.52. The molecule has 2 aromatic rings. The molecule has 0 unspecified atom stereocenters. The lowest BCUT2D eigenvalue weighted by Gasteiger charge is -2.27. The Bertz CT molecular complexity index is 823. The van der Waals surface area contributed by atoms with Crippen LogP contribution in [0.15, 0.2) is 18.2 Å². The van der Waals surface area contributed by atoms with Crippen LogP contribution in [-0.4, -0.2) is 33.7 Å². The van der Waals surface area contributed by atoms with Crippen molar-refractivity contribution < 1.29 is 4.79 Å². The van der Waals surface area contributed by atoms with Gasteiger partial charge in [0.05, 0.1) is 32.7 Å². The van der Waals surface area contributed by atoms with Crippen LogP contribution in [0.25, 0.3) is 5.69 Å². The van der Waals surface area contributed by atoms with Gasteiger partial charge in [-0.2, -0.15) is 5.10 Å². The minimum atomic E-state index is 0.119. The number of carbonyl (C=O) groups is 1. The molecule has 1 fully saturated rings. The molecule has 0 bridgehead atoms. The molecule has 1 saturated heterocycles. The lowest BCUT2D eigenvalue weighted by atomic mass is 10.0. The molecule has 0 N–H and O–H groups in total. The van der Waals surface area contributed by atoms with Crippen molar-refractivity contribution >= 4 is 29.1 Å². The minimum Gasteiger partial charge on any atom is -0.339 e. The molecule has 1 aliphatic rings. The summed E-state index contributed by atoms with van der Waals surface area (Å²) >= 11 is 12.3. The Morgan fingerprint density at radius 1 is 1.15 bits per heavy atom. The quantitative estimate of drug-likeness (QED) is 0.649. The van der Waals surface area contributed by atoms with Crippen LogP contribution in [-0.2, 0) is 12.8 Å². The summed E-state index contributed by atoms with van der Waals surface area (Å²) in [6.45, 7) is 8.04. The van der Waals surface area contributed by atoms with Gasteiger partial charge in [-0.1, -0.05) is 44.0 Å². The fourth-order valence-corrected chi connectivity index (χ4v) is 3.98. The van der Waals surface area contributed by atoms with E-state index in [1.807, 2.05) is 21.7 Å². The molecule has 1 amide bonds. The number of amides is 1. The summed E-state index contributed by atoms with van der Waals surface area (Å²) in [5.41, 5.74) is 3.44. The van der Waals surface area contributed by atoms with Gasteiger partial charge in [-0.3, -0.25) is 4.79 Å². The molecule has 0 radical (unpaired) electrons. The fraction of sp³-hybridized carbons (Fsp3) is 0.524. The number of aromatic nitrogens is 2. The van der Waals surface area contributed by atoms with Crippen LogP contribution >= 0.6 is 23.2 Å². The Morgan fingerprint density at radius 2 is 1.85 bits per heavy atom. The van der Waals surface area contributed by atoms with E-state index in [0.29, 0.717) is 16.0 Å². The average molecular weight is 408 g/mol. The first kappa shape index (κ1) is 20.2. The molecule has 2 heterocycles. The molecule has 0 aliphatic carbocycles. The van der Waals surface area contributed by atoms with E-state index in [1.54, 1.807) is 6.07 Å². The van der Waals surface area contributed by atoms with Crippen LogP contribution < -0.4 is 0 Å². The summed E-state index contributed by atoms with van der Waals surface area (Å²) < 4.78 is 1.87. The predicted molar refractivity (Wildman–Crippen MR) is 111 cm³/mol. The van der Waals surface area contributed by atoms with Crippen LogP contribution in [0.2, 0.25) is 10.0 Å². The SMILES string of the molecule is CCc1c(C(=O)N2CCCCC2)c(CC(C)C)nn1-c1ccc(Cl)c(Cl)c1. The largest absolute Gasteiger partial charge is 0.339 e. The number of piperidine rings is 1. The van der Waals surface area contributed by atoms with Crippen molar-refractivity contribution in [1.29, 1.82) is 0 Å². The number of halogens is 2. The number of likely N-dealkylation sites (tertiary alicyclic amines) is 1. The second-order valence-electron chi connectivity index (χ2n) is 7.58. The molecule has 4 nitrogen and oxygen atoms in total. The van der Waals surface area contributed by atoms with Gasteiger partial charge in [0.15, 0.2) is 0 Å². The predicted octanol–water partition coefficient (Wildman–Crippen LogP) is 5.57. The van der Waals surface area contributed by atoms with E-state index in [4.69, 9.17) is 28.3 Å². The molecule has 0 atom stereocenters. The number of hydrogen-bond donors (Lipinski definition) is 0. The standard InChI is InChI=1S/C21H27Cl2N3O/c1-4-19-20(21(27)25-10-6-5-7-11-25)18(12-14(2)3)24-26(19)15-8-9-16(22)17(23)13-15/h8-9,13-14H,4-7,10-12H2,1-3H3. The third kappa shape index (κ3) is 4.33. The summed E-state index contributed by atoms with van der Waals surface area (Å²) in [4.78, 5) is 15.4. The van der Waals surface area contributed by atoms with E-state index < -0.39 is 0 Å². The normalized spacial score (nSPS) is 14.8. The van der Waals surface area contributed by atoms with Gasteiger partial charge in [-0.25, -0.2) is 4.68 Å². The summed E-state index contributed by atoms with van der Waals surface area (Å²) in [7, 11) is 0. The van der Waals surface area contributed by atoms with Crippen molar-refractivity contribution in [3.05, 3.63) is 45.2 Å². The van der Waals surface area contributed by atoms with E-state index in [-0.39, 0.29) is 5.91 Å². The molecule has 146 valence electrons. The van der Waals surface area contributed by atoms with Crippen molar-refractivity contribution in [2.24, 2.45) is 5.92 Å². The summed E-state index contributed by atoms with van der Waals surface area (Å²) in [6, 6.07) is 5.48. The van der Waals surface area contributed by atoms with Gasteiger partial charge in [0.1, 0.15) is 0 Å². The molecular weight excluding hydrogens is 381 g/mol. The smallest absolute Gasteiger partial charge is 0.257 e. The topological polar surface area (TPSA) is 38.1 Å². The van der Waals surface area contributed by atoms with Gasteiger partial charge < -0.3 is 4.90 Å². The average Bonchev–Trinajstić information content (AvgIpc) is 3.01. The van der Waals surface area contributed by atoms with Gasteiger partial charge in [-0.05, 0) is 56.2 Å². The summed E-state index contributed by atoms with van der Waals surface area (Å²) in [6.07, 6.45) is 4.85. The van der Waals surface area contributed by atoms with E-state index in [0.717, 1.165) is 61.4 Å². The zero-order chi connectivity index (χ0) is 19.6. The van der Waals surface area contributed by atoms with Crippen molar-refractivity contribution in [2.75, 3.05) is 13.1 Å². The maximum atomic E-state index is 13.4. The zero-order valence-corrected chi connectivity index (χ0v) is 17.8. The molecule has 27 heavy (non-hydrogen) atoms. The molecule has 1 aliphatic heterocycles. The molecule has 0 spiro atoms. The Balaban J connectivity index is 2.10. The highest BCUT2D eigenvalue weighted by molar-refractivity contribution is 6.42. The van der Waals surface area contributed by atoms with E-state index in [2.05, 4.69) is 20.8 Å². The van der Waals surface area contributed by atoms with Crippen LogP contribution in [0.3, 0.4) is 0 Å². The number of carbonyl (C=O) groups excluding carboxylic acids is 1. The second kappa shape index (κ2) is 8.66. The van der Waals surface area contributed by atoms with Gasteiger partial charge in [0.2, 0.25) is 0 Å². The zero-order valence-electron chi connectivity index (χ0n) is 16.3. The third-order valence-electron chi connectivity index (χ3n) is 4.99. The lowest BCUT2D eigenvalue weighted by molar-refractivity contribution is 0.0722. The molecule has 1 aromatic carbocycles. The highest BCUT2D eigenvalue weighted by Gasteiger charge is 2.28. The molecule has 1 aromatic heterocycles. The molecular formula is C21H27Cl2N3O. The number of hydrogen-bond acceptors (Lipinski definition) is 2. The highest BCUT2D eigenvalue weighted by atomic mass is 35.5. The van der Waals surface area contributed by atoms with Gasteiger partial charge in [0, 0.05) is 13.1 Å². The first-order valence-corrected chi connectivity index (χ1v) is 10.5. The number of rotatable bonds is 5. The van der Waals surface area contributed by atoms with Gasteiger partial charge in [0.25, 0.3) is 5.91 Å². The van der Waals surface area contributed by atoms with E-state index in [9.17, 15) is 4.79 Å². The monoisotopic (exact) mass is 407 g/mol. The first-order chi connectivity index (χ1) is 12.9. The Labute approximate surface area is 171 Å². The first-order valence-electron chi connectivity index (χ1n) is 9.77. The fourth-order valence-electron chi connectivity index (χ4n) is 3.69. The summed E-state index contributed by atoms with van der Waals surface area (Å²) in [5.74, 6) is 0.535. The van der Waals surface area contributed by atoms with Crippen LogP contribution in [0.5, 0.6) is 0 Å². The number of benzene rings is 1. The lowest BCUT2D eigenvalue weighted by Crippen LogP contribution is -2.36. The van der Waals surface area contributed by atoms with Crippen molar-refractivity contribution in [3.63, 3.8) is 0 Å². The van der Waals surface area contributed by atoms with Crippen molar-refractivity contribution in [2.45, 2.75) is 52.9 Å². The number of nitrogens with zero attached hydrogens (tertiary/aromatic N) is 3. The maximum Gasteiger partial charge on any atom is 0.257 e. The Morgan fingerprint density at radius 3 is 2.44 bits per heavy atom. The summed E-state index contributed by atoms with van der Waals surface area (Å²) in [5, 5.41) is 5.84. The van der Waals surface area contributed by atoms with Crippen LogP contribution in [0, 0.1) is 5.92 Å². The van der Waals surface area contributed by atoms with Crippen LogP contribution in [0.1, 0.15) is 61.8 Å². The molecule has 3 rings (SSSR count). The van der Waals surface area contributed by atoms with Gasteiger partial charge in [-0.15, -0.1) is 0 Å². The molecule has 6 heteroatoms. The minimum absolute atomic E-state index is 0.119.